The van der Waals surface area contributed by atoms with E-state index in [1.165, 1.54) is 6.20 Å². The number of hydrogen-bond donors (Lipinski definition) is 2. The Morgan fingerprint density at radius 2 is 1.74 bits per heavy atom. The molecule has 4 aromatic rings. The van der Waals surface area contributed by atoms with Crippen molar-refractivity contribution in [2.75, 3.05) is 5.32 Å². The van der Waals surface area contributed by atoms with Crippen molar-refractivity contribution >= 4 is 45.7 Å². The molecule has 4 rings (SSSR count). The molecule has 0 aliphatic rings. The highest BCUT2D eigenvalue weighted by molar-refractivity contribution is 6.34. The van der Waals surface area contributed by atoms with Gasteiger partial charge in [0, 0.05) is 34.1 Å². The van der Waals surface area contributed by atoms with Crippen LogP contribution in [0.15, 0.2) is 41.3 Å². The van der Waals surface area contributed by atoms with Crippen LogP contribution in [0.1, 0.15) is 11.5 Å². The van der Waals surface area contributed by atoms with E-state index in [4.69, 9.17) is 23.2 Å². The molecule has 2 N–H and O–H groups in total. The van der Waals surface area contributed by atoms with Crippen molar-refractivity contribution in [3.63, 3.8) is 0 Å². The second-order valence-corrected chi connectivity index (χ2v) is 6.93. The molecule has 27 heavy (non-hydrogen) atoms. The first kappa shape index (κ1) is 17.5. The standard InChI is InChI=1S/C18H14Cl2N6O/c1-9-3-17(23-10(2)22-9)24-16-7-15-14(8-21-16)18(27)25-26(15)13-5-11(19)4-12(20)6-13/h3-8H,1-2H3,(H,25,27)(H,21,22,23,24). The number of anilines is 2. The van der Waals surface area contributed by atoms with E-state index in [1.807, 2.05) is 19.9 Å². The van der Waals surface area contributed by atoms with Gasteiger partial charge in [0.2, 0.25) is 0 Å². The number of benzene rings is 1. The van der Waals surface area contributed by atoms with Crippen molar-refractivity contribution in [1.82, 2.24) is 24.7 Å². The number of aromatic nitrogens is 5. The third-order valence-corrected chi connectivity index (χ3v) is 4.35. The Morgan fingerprint density at radius 3 is 2.44 bits per heavy atom. The molecule has 0 atom stereocenters. The summed E-state index contributed by atoms with van der Waals surface area (Å²) in [4.78, 5) is 25.2. The molecule has 0 fully saturated rings. The normalized spacial score (nSPS) is 11.1. The molecule has 9 heteroatoms. The molecule has 3 aromatic heterocycles. The molecule has 7 nitrogen and oxygen atoms in total. The van der Waals surface area contributed by atoms with Gasteiger partial charge >= 0.3 is 0 Å². The summed E-state index contributed by atoms with van der Waals surface area (Å²) in [6.07, 6.45) is 1.51. The third-order valence-electron chi connectivity index (χ3n) is 3.91. The summed E-state index contributed by atoms with van der Waals surface area (Å²) in [7, 11) is 0. The van der Waals surface area contributed by atoms with Crippen LogP contribution in [0.3, 0.4) is 0 Å². The van der Waals surface area contributed by atoms with Gasteiger partial charge in [0.1, 0.15) is 17.5 Å². The number of aryl methyl sites for hydroxylation is 2. The Kier molecular flexibility index (Phi) is 4.33. The van der Waals surface area contributed by atoms with Crippen molar-refractivity contribution in [2.24, 2.45) is 0 Å². The van der Waals surface area contributed by atoms with Crippen molar-refractivity contribution in [1.29, 1.82) is 0 Å². The van der Waals surface area contributed by atoms with Crippen LogP contribution in [0.25, 0.3) is 16.6 Å². The van der Waals surface area contributed by atoms with Crippen LogP contribution in [-0.4, -0.2) is 24.7 Å². The van der Waals surface area contributed by atoms with E-state index in [0.29, 0.717) is 44.1 Å². The van der Waals surface area contributed by atoms with Crippen LogP contribution in [0.2, 0.25) is 10.0 Å². The molecule has 0 spiro atoms. The molecule has 0 saturated carbocycles. The Labute approximate surface area is 164 Å². The van der Waals surface area contributed by atoms with Crippen LogP contribution < -0.4 is 10.9 Å². The van der Waals surface area contributed by atoms with Crippen LogP contribution in [0.5, 0.6) is 0 Å². The molecular formula is C18H14Cl2N6O. The number of rotatable bonds is 3. The van der Waals surface area contributed by atoms with Gasteiger partial charge in [0.15, 0.2) is 0 Å². The van der Waals surface area contributed by atoms with E-state index in [-0.39, 0.29) is 5.56 Å². The number of fused-ring (bicyclic) bond motifs is 1. The number of pyridine rings is 1. The lowest BCUT2D eigenvalue weighted by atomic mass is 10.3. The number of aromatic amines is 1. The van der Waals surface area contributed by atoms with Gasteiger partial charge < -0.3 is 5.32 Å². The summed E-state index contributed by atoms with van der Waals surface area (Å²) < 4.78 is 1.62. The van der Waals surface area contributed by atoms with Gasteiger partial charge in [0.25, 0.3) is 5.56 Å². The van der Waals surface area contributed by atoms with Gasteiger partial charge in [-0.15, -0.1) is 0 Å². The smallest absolute Gasteiger partial charge is 0.273 e. The molecule has 136 valence electrons. The van der Waals surface area contributed by atoms with E-state index in [2.05, 4.69) is 25.4 Å². The topological polar surface area (TPSA) is 88.5 Å². The molecule has 0 saturated heterocycles. The van der Waals surface area contributed by atoms with E-state index in [1.54, 1.807) is 28.9 Å². The van der Waals surface area contributed by atoms with Crippen LogP contribution >= 0.6 is 23.2 Å². The first-order valence-electron chi connectivity index (χ1n) is 8.05. The molecule has 1 aromatic carbocycles. The van der Waals surface area contributed by atoms with Gasteiger partial charge in [-0.3, -0.25) is 14.6 Å². The zero-order valence-corrected chi connectivity index (χ0v) is 15.9. The number of hydrogen-bond acceptors (Lipinski definition) is 5. The lowest BCUT2D eigenvalue weighted by Gasteiger charge is -2.09. The zero-order valence-electron chi connectivity index (χ0n) is 14.4. The number of H-pyrrole nitrogens is 1. The number of nitrogens with zero attached hydrogens (tertiary/aromatic N) is 4. The monoisotopic (exact) mass is 400 g/mol. The van der Waals surface area contributed by atoms with Crippen LogP contribution in [-0.2, 0) is 0 Å². The maximum atomic E-state index is 12.3. The minimum absolute atomic E-state index is 0.256. The highest BCUT2D eigenvalue weighted by Gasteiger charge is 2.12. The molecule has 0 unspecified atom stereocenters. The van der Waals surface area contributed by atoms with Crippen LogP contribution in [0.4, 0.5) is 11.6 Å². The fourth-order valence-corrected chi connectivity index (χ4v) is 3.39. The second kappa shape index (κ2) is 6.68. The van der Waals surface area contributed by atoms with E-state index >= 15 is 0 Å². The average Bonchev–Trinajstić information content (AvgIpc) is 2.89. The largest absolute Gasteiger partial charge is 0.325 e. The molecule has 3 heterocycles. The summed E-state index contributed by atoms with van der Waals surface area (Å²) in [5, 5.41) is 7.32. The van der Waals surface area contributed by atoms with E-state index in [0.717, 1.165) is 5.69 Å². The third kappa shape index (κ3) is 3.51. The molecule has 0 bridgehead atoms. The molecule has 0 aliphatic carbocycles. The molecular weight excluding hydrogens is 387 g/mol. The predicted octanol–water partition coefficient (Wildman–Crippen LogP) is 4.17. The second-order valence-electron chi connectivity index (χ2n) is 6.06. The van der Waals surface area contributed by atoms with Crippen molar-refractivity contribution in [2.45, 2.75) is 13.8 Å². The van der Waals surface area contributed by atoms with Crippen molar-refractivity contribution in [3.05, 3.63) is 68.4 Å². The number of halogens is 2. The summed E-state index contributed by atoms with van der Waals surface area (Å²) in [5.41, 5.74) is 1.87. The zero-order chi connectivity index (χ0) is 19.1. The quantitative estimate of drug-likeness (QED) is 0.538. The fraction of sp³-hybridized carbons (Fsp3) is 0.111. The van der Waals surface area contributed by atoms with Crippen LogP contribution in [0, 0.1) is 13.8 Å². The van der Waals surface area contributed by atoms with Crippen molar-refractivity contribution < 1.29 is 0 Å². The Hall–Kier alpha value is -2.90. The van der Waals surface area contributed by atoms with Gasteiger partial charge in [-0.2, -0.15) is 0 Å². The first-order chi connectivity index (χ1) is 12.9. The lowest BCUT2D eigenvalue weighted by molar-refractivity contribution is 0.891. The van der Waals surface area contributed by atoms with E-state index in [9.17, 15) is 4.79 Å². The van der Waals surface area contributed by atoms with Gasteiger partial charge in [0.05, 0.1) is 16.6 Å². The Morgan fingerprint density at radius 1 is 1.00 bits per heavy atom. The maximum Gasteiger partial charge on any atom is 0.273 e. The highest BCUT2D eigenvalue weighted by Crippen LogP contribution is 2.25. The van der Waals surface area contributed by atoms with Gasteiger partial charge in [-0.05, 0) is 32.0 Å². The summed E-state index contributed by atoms with van der Waals surface area (Å²) in [5.74, 6) is 1.83. The molecule has 0 radical (unpaired) electrons. The van der Waals surface area contributed by atoms with Crippen molar-refractivity contribution in [3.8, 4) is 5.69 Å². The maximum absolute atomic E-state index is 12.3. The fourth-order valence-electron chi connectivity index (χ4n) is 2.88. The Bertz CT molecular complexity index is 1190. The number of nitrogens with one attached hydrogen (secondary N) is 2. The Balaban J connectivity index is 1.82. The summed E-state index contributed by atoms with van der Waals surface area (Å²) in [6, 6.07) is 8.64. The molecule has 0 amide bonds. The lowest BCUT2D eigenvalue weighted by Crippen LogP contribution is -2.03. The molecule has 0 aliphatic heterocycles. The SMILES string of the molecule is Cc1cc(Nc2cc3c(cn2)c(=O)[nH]n3-c2cc(Cl)cc(Cl)c2)nc(C)n1. The van der Waals surface area contributed by atoms with Gasteiger partial charge in [-0.1, -0.05) is 23.2 Å². The predicted molar refractivity (Wildman–Crippen MR) is 106 cm³/mol. The first-order valence-corrected chi connectivity index (χ1v) is 8.81. The highest BCUT2D eigenvalue weighted by atomic mass is 35.5. The minimum Gasteiger partial charge on any atom is -0.325 e. The van der Waals surface area contributed by atoms with E-state index < -0.39 is 0 Å². The minimum atomic E-state index is -0.256. The van der Waals surface area contributed by atoms with Gasteiger partial charge in [-0.25, -0.2) is 15.0 Å². The summed E-state index contributed by atoms with van der Waals surface area (Å²) >= 11 is 12.2. The average molecular weight is 401 g/mol. The summed E-state index contributed by atoms with van der Waals surface area (Å²) in [6.45, 7) is 3.71.